The standard InChI is InChI=1S/C23H27ClN6O2S/c24-15-1-2-17-19(13-15)27-21(26-17)14-3-8-30(9-4-14)23-28-18-7-12-33(31)20(18)22(29-23)25-16-5-10-32-11-6-16/h1-2,13-14,16H,3-12H2,(H,26,27)(H,25,28,29)/t33-/m1/s1. The van der Waals surface area contributed by atoms with Crippen molar-refractivity contribution >= 4 is 45.2 Å². The molecule has 2 aromatic heterocycles. The van der Waals surface area contributed by atoms with Crippen LogP contribution in [0.15, 0.2) is 23.1 Å². The summed E-state index contributed by atoms with van der Waals surface area (Å²) in [7, 11) is -1.03. The van der Waals surface area contributed by atoms with E-state index in [2.05, 4.69) is 15.2 Å². The van der Waals surface area contributed by atoms with E-state index in [0.717, 1.165) is 97.6 Å². The maximum absolute atomic E-state index is 12.6. The van der Waals surface area contributed by atoms with E-state index < -0.39 is 10.8 Å². The minimum Gasteiger partial charge on any atom is -0.381 e. The fourth-order valence-corrected chi connectivity index (χ4v) is 6.49. The van der Waals surface area contributed by atoms with Gasteiger partial charge in [-0.15, -0.1) is 0 Å². The zero-order valence-electron chi connectivity index (χ0n) is 18.3. The van der Waals surface area contributed by atoms with E-state index >= 15 is 0 Å². The molecule has 2 saturated heterocycles. The van der Waals surface area contributed by atoms with Gasteiger partial charge in [0.2, 0.25) is 5.95 Å². The average Bonchev–Trinajstić information content (AvgIpc) is 3.43. The number of imidazole rings is 1. The second kappa shape index (κ2) is 8.85. The number of nitrogens with zero attached hydrogens (tertiary/aromatic N) is 4. The Labute approximate surface area is 200 Å². The number of nitrogens with one attached hydrogen (secondary N) is 2. The smallest absolute Gasteiger partial charge is 0.227 e. The Morgan fingerprint density at radius 1 is 1.12 bits per heavy atom. The van der Waals surface area contributed by atoms with Gasteiger partial charge in [-0.2, -0.15) is 4.98 Å². The molecule has 0 bridgehead atoms. The molecule has 2 fully saturated rings. The van der Waals surface area contributed by atoms with Gasteiger partial charge in [0.05, 0.1) is 27.5 Å². The molecular weight excluding hydrogens is 460 g/mol. The normalized spacial score (nSPS) is 22.1. The molecule has 0 amide bonds. The van der Waals surface area contributed by atoms with E-state index in [4.69, 9.17) is 31.3 Å². The molecule has 0 aliphatic carbocycles. The summed E-state index contributed by atoms with van der Waals surface area (Å²) < 4.78 is 18.1. The van der Waals surface area contributed by atoms with Crippen molar-refractivity contribution in [2.45, 2.75) is 49.0 Å². The molecule has 1 aromatic carbocycles. The van der Waals surface area contributed by atoms with E-state index in [1.807, 2.05) is 18.2 Å². The quantitative estimate of drug-likeness (QED) is 0.581. The minimum absolute atomic E-state index is 0.301. The van der Waals surface area contributed by atoms with Crippen LogP contribution >= 0.6 is 11.6 Å². The number of aromatic nitrogens is 4. The highest BCUT2D eigenvalue weighted by atomic mass is 35.5. The third kappa shape index (κ3) is 4.22. The van der Waals surface area contributed by atoms with Crippen molar-refractivity contribution in [3.8, 4) is 0 Å². The summed E-state index contributed by atoms with van der Waals surface area (Å²) in [6.07, 6.45) is 4.58. The van der Waals surface area contributed by atoms with Crippen molar-refractivity contribution in [1.29, 1.82) is 0 Å². The molecule has 2 N–H and O–H groups in total. The summed E-state index contributed by atoms with van der Waals surface area (Å²) in [6, 6.07) is 6.07. The van der Waals surface area contributed by atoms with Crippen molar-refractivity contribution in [3.05, 3.63) is 34.7 Å². The number of aryl methyl sites for hydroxylation is 1. The van der Waals surface area contributed by atoms with Gasteiger partial charge in [0.1, 0.15) is 16.5 Å². The molecule has 33 heavy (non-hydrogen) atoms. The van der Waals surface area contributed by atoms with Crippen LogP contribution in [0.3, 0.4) is 0 Å². The Balaban J connectivity index is 1.20. The Bertz CT molecular complexity index is 1200. The molecule has 10 heteroatoms. The lowest BCUT2D eigenvalue weighted by molar-refractivity contribution is 0.0903. The van der Waals surface area contributed by atoms with Crippen LogP contribution in [0.2, 0.25) is 5.02 Å². The van der Waals surface area contributed by atoms with Crippen LogP contribution in [-0.4, -0.2) is 62.2 Å². The number of H-pyrrole nitrogens is 1. The number of anilines is 2. The lowest BCUT2D eigenvalue weighted by atomic mass is 9.96. The molecule has 3 aliphatic heterocycles. The first-order valence-corrected chi connectivity index (χ1v) is 13.4. The second-order valence-electron chi connectivity index (χ2n) is 9.02. The zero-order chi connectivity index (χ0) is 22.4. The lowest BCUT2D eigenvalue weighted by Gasteiger charge is -2.32. The Morgan fingerprint density at radius 2 is 1.94 bits per heavy atom. The van der Waals surface area contributed by atoms with Gasteiger partial charge in [-0.25, -0.2) is 9.97 Å². The summed E-state index contributed by atoms with van der Waals surface area (Å²) in [5.74, 6) is 3.54. The molecule has 8 nitrogen and oxygen atoms in total. The molecule has 174 valence electrons. The SMILES string of the molecule is O=[S@@]1CCc2nc(N3CCC(c4nc5ccc(Cl)cc5[nH]4)CC3)nc(NC3CCOCC3)c21. The van der Waals surface area contributed by atoms with Crippen LogP contribution in [0.5, 0.6) is 0 Å². The number of fused-ring (bicyclic) bond motifs is 2. The highest BCUT2D eigenvalue weighted by Gasteiger charge is 2.30. The third-order valence-corrected chi connectivity index (χ3v) is 8.56. The van der Waals surface area contributed by atoms with Crippen molar-refractivity contribution in [2.24, 2.45) is 0 Å². The zero-order valence-corrected chi connectivity index (χ0v) is 19.9. The summed E-state index contributed by atoms with van der Waals surface area (Å²) in [5, 5.41) is 4.28. The van der Waals surface area contributed by atoms with Gasteiger partial charge in [-0.05, 0) is 43.9 Å². The highest BCUT2D eigenvalue weighted by Crippen LogP contribution is 2.34. The number of halogens is 1. The molecule has 1 atom stereocenters. The number of piperidine rings is 1. The van der Waals surface area contributed by atoms with E-state index in [-0.39, 0.29) is 0 Å². The predicted octanol–water partition coefficient (Wildman–Crippen LogP) is 3.64. The lowest BCUT2D eigenvalue weighted by Crippen LogP contribution is -2.35. The number of benzene rings is 1. The van der Waals surface area contributed by atoms with E-state index in [0.29, 0.717) is 22.7 Å². The number of hydrogen-bond donors (Lipinski definition) is 2. The van der Waals surface area contributed by atoms with Crippen LogP contribution in [0.25, 0.3) is 11.0 Å². The summed E-state index contributed by atoms with van der Waals surface area (Å²) in [4.78, 5) is 21.0. The molecule has 0 unspecified atom stereocenters. The van der Waals surface area contributed by atoms with Crippen LogP contribution in [0.4, 0.5) is 11.8 Å². The Morgan fingerprint density at radius 3 is 2.76 bits per heavy atom. The van der Waals surface area contributed by atoms with Crippen molar-refractivity contribution < 1.29 is 8.95 Å². The van der Waals surface area contributed by atoms with Crippen LogP contribution in [0, 0.1) is 0 Å². The molecule has 0 saturated carbocycles. The number of hydrogen-bond acceptors (Lipinski definition) is 7. The van der Waals surface area contributed by atoms with E-state index in [1.54, 1.807) is 0 Å². The Kier molecular flexibility index (Phi) is 5.72. The van der Waals surface area contributed by atoms with Crippen LogP contribution in [-0.2, 0) is 22.0 Å². The molecule has 0 spiro atoms. The largest absolute Gasteiger partial charge is 0.381 e. The molecular formula is C23H27ClN6O2S. The highest BCUT2D eigenvalue weighted by molar-refractivity contribution is 7.85. The van der Waals surface area contributed by atoms with Gasteiger partial charge in [0.15, 0.2) is 0 Å². The maximum atomic E-state index is 12.6. The van der Waals surface area contributed by atoms with Crippen LogP contribution in [0.1, 0.15) is 43.1 Å². The number of rotatable bonds is 4. The second-order valence-corrected chi connectivity index (χ2v) is 11.0. The van der Waals surface area contributed by atoms with E-state index in [1.165, 1.54) is 0 Å². The van der Waals surface area contributed by atoms with E-state index in [9.17, 15) is 4.21 Å². The Hall–Kier alpha value is -2.23. The first-order chi connectivity index (χ1) is 16.1. The monoisotopic (exact) mass is 486 g/mol. The summed E-state index contributed by atoms with van der Waals surface area (Å²) in [6.45, 7) is 3.23. The molecule has 6 rings (SSSR count). The van der Waals surface area contributed by atoms with Gasteiger partial charge in [-0.1, -0.05) is 11.6 Å². The number of aromatic amines is 1. The topological polar surface area (TPSA) is 96.0 Å². The molecule has 5 heterocycles. The summed E-state index contributed by atoms with van der Waals surface area (Å²) >= 11 is 6.13. The van der Waals surface area contributed by atoms with Gasteiger partial charge in [0, 0.05) is 55.5 Å². The first-order valence-electron chi connectivity index (χ1n) is 11.7. The van der Waals surface area contributed by atoms with Crippen molar-refractivity contribution in [1.82, 2.24) is 19.9 Å². The summed E-state index contributed by atoms with van der Waals surface area (Å²) in [5.41, 5.74) is 2.87. The average molecular weight is 487 g/mol. The minimum atomic E-state index is -1.03. The molecule has 0 radical (unpaired) electrons. The first kappa shape index (κ1) is 21.3. The van der Waals surface area contributed by atoms with Crippen molar-refractivity contribution in [2.75, 3.05) is 42.3 Å². The van der Waals surface area contributed by atoms with Gasteiger partial charge in [0.25, 0.3) is 0 Å². The third-order valence-electron chi connectivity index (χ3n) is 6.86. The van der Waals surface area contributed by atoms with Gasteiger partial charge in [-0.3, -0.25) is 4.21 Å². The van der Waals surface area contributed by atoms with Crippen LogP contribution < -0.4 is 10.2 Å². The fraction of sp³-hybridized carbons (Fsp3) is 0.522. The van der Waals surface area contributed by atoms with Crippen molar-refractivity contribution in [3.63, 3.8) is 0 Å². The predicted molar refractivity (Wildman–Crippen MR) is 130 cm³/mol. The number of ether oxygens (including phenoxy) is 1. The molecule has 3 aliphatic rings. The fourth-order valence-electron chi connectivity index (χ4n) is 5.01. The molecule has 3 aromatic rings. The van der Waals surface area contributed by atoms with Gasteiger partial charge < -0.3 is 19.9 Å². The maximum Gasteiger partial charge on any atom is 0.227 e. The van der Waals surface area contributed by atoms with Gasteiger partial charge >= 0.3 is 0 Å².